The van der Waals surface area contributed by atoms with E-state index in [1.807, 2.05) is 6.92 Å². The fourth-order valence-corrected chi connectivity index (χ4v) is 1.73. The normalized spacial score (nSPS) is 26.7. The van der Waals surface area contributed by atoms with Crippen molar-refractivity contribution in [1.29, 1.82) is 0 Å². The second-order valence-corrected chi connectivity index (χ2v) is 4.42. The van der Waals surface area contributed by atoms with Crippen molar-refractivity contribution in [3.63, 3.8) is 0 Å². The maximum Gasteiger partial charge on any atom is 0.225 e. The van der Waals surface area contributed by atoms with Gasteiger partial charge in [-0.25, -0.2) is 0 Å². The van der Waals surface area contributed by atoms with Crippen LogP contribution < -0.4 is 10.6 Å². The van der Waals surface area contributed by atoms with Gasteiger partial charge in [0.05, 0.1) is 24.7 Å². The zero-order valence-electron chi connectivity index (χ0n) is 10.0. The number of hydrogen-bond donors (Lipinski definition) is 3. The first kappa shape index (κ1) is 13.4. The number of nitrogens with one attached hydrogen (secondary N) is 2. The van der Waals surface area contributed by atoms with Crippen LogP contribution >= 0.6 is 0 Å². The maximum absolute atomic E-state index is 11.6. The fraction of sp³-hybridized carbons (Fsp3) is 0.909. The summed E-state index contributed by atoms with van der Waals surface area (Å²) in [5.74, 6) is 0.0787. The molecule has 1 saturated heterocycles. The molecule has 0 bridgehead atoms. The third-order valence-electron chi connectivity index (χ3n) is 2.61. The van der Waals surface area contributed by atoms with Gasteiger partial charge in [0.2, 0.25) is 5.91 Å². The van der Waals surface area contributed by atoms with Crippen LogP contribution in [0.2, 0.25) is 0 Å². The molecular formula is C11H22N2O3. The standard InChI is InChI=1S/C11H22N2O3/c1-8(14)6-12-3-4-13-11(15)10-5-9(2)16-7-10/h8-10,12,14H,3-7H2,1-2H3,(H,13,15). The lowest BCUT2D eigenvalue weighted by Crippen LogP contribution is -2.37. The van der Waals surface area contributed by atoms with Gasteiger partial charge in [-0.15, -0.1) is 0 Å². The second kappa shape index (κ2) is 6.83. The Labute approximate surface area is 96.6 Å². The molecule has 0 aromatic carbocycles. The van der Waals surface area contributed by atoms with Crippen LogP contribution in [0, 0.1) is 5.92 Å². The van der Waals surface area contributed by atoms with E-state index in [4.69, 9.17) is 9.84 Å². The molecule has 0 spiro atoms. The van der Waals surface area contributed by atoms with Crippen LogP contribution in [0.15, 0.2) is 0 Å². The number of hydrogen-bond acceptors (Lipinski definition) is 4. The van der Waals surface area contributed by atoms with Crippen molar-refractivity contribution in [2.75, 3.05) is 26.2 Å². The average molecular weight is 230 g/mol. The molecule has 0 aliphatic carbocycles. The van der Waals surface area contributed by atoms with Gasteiger partial charge in [-0.1, -0.05) is 0 Å². The third-order valence-corrected chi connectivity index (χ3v) is 2.61. The van der Waals surface area contributed by atoms with E-state index in [-0.39, 0.29) is 24.0 Å². The Morgan fingerprint density at radius 3 is 2.88 bits per heavy atom. The molecule has 1 rings (SSSR count). The van der Waals surface area contributed by atoms with Gasteiger partial charge in [-0.05, 0) is 20.3 Å². The molecule has 3 N–H and O–H groups in total. The summed E-state index contributed by atoms with van der Waals surface area (Å²) in [6, 6.07) is 0. The summed E-state index contributed by atoms with van der Waals surface area (Å²) in [6.45, 7) is 6.07. The second-order valence-electron chi connectivity index (χ2n) is 4.42. The number of amides is 1. The van der Waals surface area contributed by atoms with E-state index in [1.165, 1.54) is 0 Å². The highest BCUT2D eigenvalue weighted by molar-refractivity contribution is 5.79. The highest BCUT2D eigenvalue weighted by Crippen LogP contribution is 2.18. The third kappa shape index (κ3) is 4.92. The molecule has 1 aliphatic rings. The summed E-state index contributed by atoms with van der Waals surface area (Å²) in [6.07, 6.45) is 0.663. The summed E-state index contributed by atoms with van der Waals surface area (Å²) in [7, 11) is 0. The average Bonchev–Trinajstić information content (AvgIpc) is 2.63. The maximum atomic E-state index is 11.6. The molecule has 5 nitrogen and oxygen atoms in total. The summed E-state index contributed by atoms with van der Waals surface area (Å²) in [5, 5.41) is 14.9. The van der Waals surface area contributed by atoms with Gasteiger partial charge in [0.15, 0.2) is 0 Å². The molecular weight excluding hydrogens is 208 g/mol. The minimum absolute atomic E-state index is 0.00626. The van der Waals surface area contributed by atoms with Crippen LogP contribution in [0.4, 0.5) is 0 Å². The van der Waals surface area contributed by atoms with E-state index >= 15 is 0 Å². The highest BCUT2D eigenvalue weighted by Gasteiger charge is 2.27. The van der Waals surface area contributed by atoms with Crippen LogP contribution in [-0.4, -0.2) is 49.5 Å². The number of ether oxygens (including phenoxy) is 1. The molecule has 1 heterocycles. The monoisotopic (exact) mass is 230 g/mol. The van der Waals surface area contributed by atoms with Crippen molar-refractivity contribution in [3.8, 4) is 0 Å². The van der Waals surface area contributed by atoms with Gasteiger partial charge in [0, 0.05) is 19.6 Å². The minimum atomic E-state index is -0.347. The Balaban J connectivity index is 2.02. The number of carbonyl (C=O) groups excluding carboxylic acids is 1. The fourth-order valence-electron chi connectivity index (χ4n) is 1.73. The van der Waals surface area contributed by atoms with Gasteiger partial charge >= 0.3 is 0 Å². The molecule has 0 saturated carbocycles. The predicted molar refractivity (Wildman–Crippen MR) is 61.1 cm³/mol. The van der Waals surface area contributed by atoms with Gasteiger partial charge < -0.3 is 20.5 Å². The molecule has 1 amide bonds. The topological polar surface area (TPSA) is 70.6 Å². The molecule has 0 aromatic rings. The molecule has 3 unspecified atom stereocenters. The zero-order valence-corrected chi connectivity index (χ0v) is 10.0. The van der Waals surface area contributed by atoms with Crippen LogP contribution in [0.3, 0.4) is 0 Å². The molecule has 1 fully saturated rings. The van der Waals surface area contributed by atoms with Crippen molar-refractivity contribution in [2.45, 2.75) is 32.5 Å². The molecule has 1 aliphatic heterocycles. The number of rotatable bonds is 6. The lowest BCUT2D eigenvalue weighted by atomic mass is 10.1. The molecule has 94 valence electrons. The van der Waals surface area contributed by atoms with E-state index in [0.29, 0.717) is 26.2 Å². The summed E-state index contributed by atoms with van der Waals surface area (Å²) in [4.78, 5) is 11.6. The minimum Gasteiger partial charge on any atom is -0.392 e. The Morgan fingerprint density at radius 2 is 2.31 bits per heavy atom. The predicted octanol–water partition coefficient (Wildman–Crippen LogP) is -0.502. The number of aliphatic hydroxyl groups is 1. The van der Waals surface area contributed by atoms with Crippen molar-refractivity contribution in [2.24, 2.45) is 5.92 Å². The lowest BCUT2D eigenvalue weighted by molar-refractivity contribution is -0.124. The summed E-state index contributed by atoms with van der Waals surface area (Å²) >= 11 is 0. The van der Waals surface area contributed by atoms with E-state index in [0.717, 1.165) is 6.42 Å². The molecule has 3 atom stereocenters. The van der Waals surface area contributed by atoms with E-state index in [1.54, 1.807) is 6.92 Å². The first-order chi connectivity index (χ1) is 7.59. The molecule has 0 radical (unpaired) electrons. The number of carbonyl (C=O) groups is 1. The van der Waals surface area contributed by atoms with Gasteiger partial charge in [-0.2, -0.15) is 0 Å². The van der Waals surface area contributed by atoms with Crippen LogP contribution in [0.25, 0.3) is 0 Å². The van der Waals surface area contributed by atoms with Crippen molar-refractivity contribution < 1.29 is 14.6 Å². The highest BCUT2D eigenvalue weighted by atomic mass is 16.5. The molecule has 0 aromatic heterocycles. The van der Waals surface area contributed by atoms with Crippen molar-refractivity contribution in [1.82, 2.24) is 10.6 Å². The largest absolute Gasteiger partial charge is 0.392 e. The van der Waals surface area contributed by atoms with Gasteiger partial charge in [-0.3, -0.25) is 4.79 Å². The Morgan fingerprint density at radius 1 is 1.56 bits per heavy atom. The Bertz CT molecular complexity index is 221. The molecule has 5 heteroatoms. The van der Waals surface area contributed by atoms with Crippen molar-refractivity contribution in [3.05, 3.63) is 0 Å². The van der Waals surface area contributed by atoms with Crippen molar-refractivity contribution >= 4 is 5.91 Å². The first-order valence-electron chi connectivity index (χ1n) is 5.87. The van der Waals surface area contributed by atoms with E-state index in [9.17, 15) is 4.79 Å². The number of aliphatic hydroxyl groups excluding tert-OH is 1. The van der Waals surface area contributed by atoms with Crippen LogP contribution in [-0.2, 0) is 9.53 Å². The summed E-state index contributed by atoms with van der Waals surface area (Å²) < 4.78 is 5.34. The van der Waals surface area contributed by atoms with E-state index < -0.39 is 0 Å². The SMILES string of the molecule is CC(O)CNCCNC(=O)C1COC(C)C1. The van der Waals surface area contributed by atoms with Gasteiger partial charge in [0.1, 0.15) is 0 Å². The smallest absolute Gasteiger partial charge is 0.225 e. The first-order valence-corrected chi connectivity index (χ1v) is 5.87. The van der Waals surface area contributed by atoms with Gasteiger partial charge in [0.25, 0.3) is 0 Å². The zero-order chi connectivity index (χ0) is 12.0. The lowest BCUT2D eigenvalue weighted by Gasteiger charge is -2.10. The van der Waals surface area contributed by atoms with Crippen LogP contribution in [0.5, 0.6) is 0 Å². The van der Waals surface area contributed by atoms with E-state index in [2.05, 4.69) is 10.6 Å². The Kier molecular flexibility index (Phi) is 5.73. The van der Waals surface area contributed by atoms with Crippen LogP contribution in [0.1, 0.15) is 20.3 Å². The quantitative estimate of drug-likeness (QED) is 0.538. The molecule has 16 heavy (non-hydrogen) atoms. The Hall–Kier alpha value is -0.650. The summed E-state index contributed by atoms with van der Waals surface area (Å²) in [5.41, 5.74) is 0.